The number of aromatic nitrogens is 1. The Hall–Kier alpha value is -2.98. The first-order chi connectivity index (χ1) is 12.9. The minimum atomic E-state index is -0.577. The molecule has 1 aromatic heterocycles. The van der Waals surface area contributed by atoms with E-state index in [1.165, 1.54) is 41.3 Å². The molecular weight excluding hydrogens is 388 g/mol. The molecule has 0 fully saturated rings. The van der Waals surface area contributed by atoms with Gasteiger partial charge in [-0.1, -0.05) is 23.9 Å². The number of thiazole rings is 1. The van der Waals surface area contributed by atoms with Gasteiger partial charge in [0.25, 0.3) is 11.6 Å². The number of benzene rings is 2. The summed E-state index contributed by atoms with van der Waals surface area (Å²) in [5.41, 5.74) is 3.21. The second kappa shape index (κ2) is 8.14. The number of nitro benzene ring substituents is 1. The molecule has 0 aliphatic carbocycles. The zero-order valence-electron chi connectivity index (χ0n) is 14.0. The fourth-order valence-electron chi connectivity index (χ4n) is 2.12. The number of phenols is 1. The highest BCUT2D eigenvalue weighted by Gasteiger charge is 2.16. The van der Waals surface area contributed by atoms with E-state index in [0.717, 1.165) is 20.8 Å². The van der Waals surface area contributed by atoms with Crippen LogP contribution < -0.4 is 5.43 Å². The molecule has 8 nitrogen and oxygen atoms in total. The number of phenolic OH excluding ortho intramolecular Hbond substituents is 1. The summed E-state index contributed by atoms with van der Waals surface area (Å²) in [6.45, 7) is 1.73. The molecule has 27 heavy (non-hydrogen) atoms. The van der Waals surface area contributed by atoms with Crippen LogP contribution in [0.4, 0.5) is 5.69 Å². The number of hydrogen-bond donors (Lipinski definition) is 2. The Morgan fingerprint density at radius 2 is 2.19 bits per heavy atom. The van der Waals surface area contributed by atoms with Crippen molar-refractivity contribution in [3.05, 3.63) is 58.1 Å². The van der Waals surface area contributed by atoms with Crippen molar-refractivity contribution in [2.24, 2.45) is 5.10 Å². The molecule has 1 atom stereocenters. The molecule has 0 saturated carbocycles. The van der Waals surface area contributed by atoms with E-state index in [9.17, 15) is 20.0 Å². The number of non-ortho nitro benzene ring substituents is 1. The fraction of sp³-hybridized carbons (Fsp3) is 0.118. The van der Waals surface area contributed by atoms with Gasteiger partial charge < -0.3 is 5.11 Å². The van der Waals surface area contributed by atoms with Crippen LogP contribution in [0, 0.1) is 10.1 Å². The Labute approximate surface area is 162 Å². The van der Waals surface area contributed by atoms with Gasteiger partial charge in [0.1, 0.15) is 5.75 Å². The first-order valence-electron chi connectivity index (χ1n) is 7.76. The van der Waals surface area contributed by atoms with E-state index in [1.54, 1.807) is 6.92 Å². The molecule has 0 bridgehead atoms. The molecule has 2 aromatic carbocycles. The molecule has 0 saturated heterocycles. The van der Waals surface area contributed by atoms with Gasteiger partial charge in [0, 0.05) is 17.7 Å². The topological polar surface area (TPSA) is 118 Å². The number of nitro groups is 1. The Morgan fingerprint density at radius 1 is 1.41 bits per heavy atom. The van der Waals surface area contributed by atoms with Crippen molar-refractivity contribution < 1.29 is 14.8 Å². The second-order valence-electron chi connectivity index (χ2n) is 5.44. The van der Waals surface area contributed by atoms with Gasteiger partial charge in [-0.15, -0.1) is 11.3 Å². The lowest BCUT2D eigenvalue weighted by Gasteiger charge is -2.06. The first kappa shape index (κ1) is 18.8. The smallest absolute Gasteiger partial charge is 0.270 e. The van der Waals surface area contributed by atoms with Crippen LogP contribution in [0.25, 0.3) is 10.2 Å². The maximum Gasteiger partial charge on any atom is 0.270 e. The number of hydrogen-bond acceptors (Lipinski definition) is 8. The number of nitrogens with one attached hydrogen (secondary N) is 1. The van der Waals surface area contributed by atoms with Crippen molar-refractivity contribution in [1.82, 2.24) is 10.4 Å². The van der Waals surface area contributed by atoms with Gasteiger partial charge in [-0.3, -0.25) is 14.9 Å². The number of para-hydroxylation sites is 1. The molecule has 0 spiro atoms. The Bertz CT molecular complexity index is 1000. The quantitative estimate of drug-likeness (QED) is 0.282. The normalized spacial score (nSPS) is 12.3. The van der Waals surface area contributed by atoms with E-state index in [4.69, 9.17) is 0 Å². The van der Waals surface area contributed by atoms with Gasteiger partial charge >= 0.3 is 0 Å². The van der Waals surface area contributed by atoms with Crippen LogP contribution in [0.3, 0.4) is 0 Å². The van der Waals surface area contributed by atoms with Crippen LogP contribution in [-0.4, -0.2) is 32.4 Å². The van der Waals surface area contributed by atoms with Gasteiger partial charge in [-0.25, -0.2) is 10.4 Å². The molecule has 3 rings (SSSR count). The number of hydrazone groups is 1. The number of carbonyl (C=O) groups excluding carboxylic acids is 1. The molecule has 0 aliphatic heterocycles. The molecule has 10 heteroatoms. The summed E-state index contributed by atoms with van der Waals surface area (Å²) in [7, 11) is 0. The number of thioether (sulfide) groups is 1. The molecule has 2 N–H and O–H groups in total. The highest BCUT2D eigenvalue weighted by molar-refractivity contribution is 8.02. The van der Waals surface area contributed by atoms with E-state index < -0.39 is 10.2 Å². The largest absolute Gasteiger partial charge is 0.507 e. The van der Waals surface area contributed by atoms with Crippen LogP contribution in [0.5, 0.6) is 5.75 Å². The van der Waals surface area contributed by atoms with Crippen LogP contribution >= 0.6 is 23.1 Å². The lowest BCUT2D eigenvalue weighted by atomic mass is 10.2. The first-order valence-corrected chi connectivity index (χ1v) is 9.46. The third kappa shape index (κ3) is 4.60. The standard InChI is InChI=1S/C17H14N4O4S2/c1-10(26-17-19-13-4-2-3-5-15(13)27-17)16(23)20-18-9-11-8-12(21(24)25)6-7-14(11)22/h2-10,22H,1H3,(H,20,23)/b18-9-/t10-/m0/s1. The van der Waals surface area contributed by atoms with E-state index in [1.807, 2.05) is 24.3 Å². The highest BCUT2D eigenvalue weighted by Crippen LogP contribution is 2.31. The minimum Gasteiger partial charge on any atom is -0.507 e. The van der Waals surface area contributed by atoms with Crippen molar-refractivity contribution >= 4 is 51.1 Å². The van der Waals surface area contributed by atoms with Gasteiger partial charge in [-0.2, -0.15) is 5.10 Å². The molecule has 0 unspecified atom stereocenters. The lowest BCUT2D eigenvalue weighted by molar-refractivity contribution is -0.384. The lowest BCUT2D eigenvalue weighted by Crippen LogP contribution is -2.26. The molecule has 0 radical (unpaired) electrons. The van der Waals surface area contributed by atoms with Crippen molar-refractivity contribution in [3.63, 3.8) is 0 Å². The molecule has 1 amide bonds. The van der Waals surface area contributed by atoms with E-state index in [0.29, 0.717) is 0 Å². The summed E-state index contributed by atoms with van der Waals surface area (Å²) >= 11 is 2.82. The van der Waals surface area contributed by atoms with Crippen molar-refractivity contribution in [3.8, 4) is 5.75 Å². The number of aromatic hydroxyl groups is 1. The van der Waals surface area contributed by atoms with Crippen LogP contribution in [0.2, 0.25) is 0 Å². The number of rotatable bonds is 6. The molecule has 1 heterocycles. The van der Waals surface area contributed by atoms with E-state index >= 15 is 0 Å². The van der Waals surface area contributed by atoms with Crippen molar-refractivity contribution in [2.45, 2.75) is 16.5 Å². The molecular formula is C17H14N4O4S2. The van der Waals surface area contributed by atoms with Crippen LogP contribution in [0.15, 0.2) is 51.9 Å². The minimum absolute atomic E-state index is 0.135. The maximum atomic E-state index is 12.2. The predicted octanol–water partition coefficient (Wildman–Crippen LogP) is 3.54. The zero-order chi connectivity index (χ0) is 19.4. The molecule has 3 aromatic rings. The van der Waals surface area contributed by atoms with Crippen LogP contribution in [-0.2, 0) is 4.79 Å². The van der Waals surface area contributed by atoms with E-state index in [2.05, 4.69) is 15.5 Å². The summed E-state index contributed by atoms with van der Waals surface area (Å²) in [4.78, 5) is 26.8. The monoisotopic (exact) mass is 402 g/mol. The number of nitrogens with zero attached hydrogens (tertiary/aromatic N) is 3. The average molecular weight is 402 g/mol. The highest BCUT2D eigenvalue weighted by atomic mass is 32.2. The Balaban J connectivity index is 1.62. The fourth-order valence-corrected chi connectivity index (χ4v) is 4.33. The second-order valence-corrected chi connectivity index (χ2v) is 8.06. The van der Waals surface area contributed by atoms with Gasteiger partial charge in [0.15, 0.2) is 4.34 Å². The van der Waals surface area contributed by atoms with Gasteiger partial charge in [-0.05, 0) is 25.1 Å². The van der Waals surface area contributed by atoms with Crippen molar-refractivity contribution in [2.75, 3.05) is 0 Å². The summed E-state index contributed by atoms with van der Waals surface area (Å²) in [5, 5.41) is 23.8. The summed E-state index contributed by atoms with van der Waals surface area (Å²) in [5.74, 6) is -0.518. The molecule has 0 aliphatic rings. The third-order valence-corrected chi connectivity index (χ3v) is 5.75. The van der Waals surface area contributed by atoms with Gasteiger partial charge in [0.05, 0.1) is 26.6 Å². The third-order valence-electron chi connectivity index (χ3n) is 3.52. The SMILES string of the molecule is C[C@H](Sc1nc2ccccc2s1)C(=O)N/N=C\c1cc([N+](=O)[O-])ccc1O. The zero-order valence-corrected chi connectivity index (χ0v) is 15.7. The Kier molecular flexibility index (Phi) is 5.67. The summed E-state index contributed by atoms with van der Waals surface area (Å²) in [6.07, 6.45) is 1.16. The van der Waals surface area contributed by atoms with Crippen LogP contribution in [0.1, 0.15) is 12.5 Å². The number of fused-ring (bicyclic) bond motifs is 1. The van der Waals surface area contributed by atoms with Gasteiger partial charge in [0.2, 0.25) is 0 Å². The van der Waals surface area contributed by atoms with E-state index in [-0.39, 0.29) is 22.9 Å². The average Bonchev–Trinajstić information content (AvgIpc) is 3.05. The Morgan fingerprint density at radius 3 is 2.93 bits per heavy atom. The number of amides is 1. The van der Waals surface area contributed by atoms with Crippen molar-refractivity contribution in [1.29, 1.82) is 0 Å². The number of carbonyl (C=O) groups is 1. The molecule has 138 valence electrons. The summed E-state index contributed by atoms with van der Waals surface area (Å²) in [6, 6.07) is 11.3. The summed E-state index contributed by atoms with van der Waals surface area (Å²) < 4.78 is 1.82. The maximum absolute atomic E-state index is 12.2. The predicted molar refractivity (Wildman–Crippen MR) is 105 cm³/mol.